The monoisotopic (exact) mass is 283 g/mol. The fourth-order valence-corrected chi connectivity index (χ4v) is 3.44. The van der Waals surface area contributed by atoms with Gasteiger partial charge >= 0.3 is 0 Å². The maximum atomic E-state index is 8.68. The minimum atomic E-state index is 0.454. The molecular formula is C10H6BrNS2. The Hall–Kier alpha value is -0.500. The van der Waals surface area contributed by atoms with Crippen LogP contribution in [0.5, 0.6) is 0 Å². The van der Waals surface area contributed by atoms with Gasteiger partial charge in [-0.25, -0.2) is 0 Å². The van der Waals surface area contributed by atoms with E-state index in [1.807, 2.05) is 17.5 Å². The molecule has 0 N–H and O–H groups in total. The van der Waals surface area contributed by atoms with Crippen molar-refractivity contribution in [3.63, 3.8) is 0 Å². The summed E-state index contributed by atoms with van der Waals surface area (Å²) >= 11 is 9.52. The first-order valence-corrected chi connectivity index (χ1v) is 6.10. The highest BCUT2D eigenvalue weighted by atomic mass is 79.9. The predicted molar refractivity (Wildman–Crippen MR) is 66.1 cm³/mol. The zero-order valence-electron chi connectivity index (χ0n) is 7.12. The first kappa shape index (κ1) is 10.0. The maximum absolute atomic E-state index is 8.68. The fourth-order valence-electron chi connectivity index (χ4n) is 1.37. The van der Waals surface area contributed by atoms with E-state index in [1.165, 1.54) is 0 Å². The average Bonchev–Trinajstić information content (AvgIpc) is 2.58. The van der Waals surface area contributed by atoms with Gasteiger partial charge in [0.1, 0.15) is 0 Å². The highest BCUT2D eigenvalue weighted by Gasteiger charge is 2.09. The molecule has 1 aromatic heterocycles. The molecular weight excluding hydrogens is 278 g/mol. The Morgan fingerprint density at radius 3 is 3.00 bits per heavy atom. The quantitative estimate of drug-likeness (QED) is 0.786. The van der Waals surface area contributed by atoms with Gasteiger partial charge in [-0.2, -0.15) is 5.26 Å². The predicted octanol–water partition coefficient (Wildman–Crippen LogP) is 4.02. The molecule has 2 rings (SSSR count). The smallest absolute Gasteiger partial charge is 0.0670 e. The third-order valence-corrected chi connectivity index (χ3v) is 4.24. The fraction of sp³-hybridized carbons (Fsp3) is 0.100. The van der Waals surface area contributed by atoms with E-state index in [4.69, 9.17) is 5.26 Å². The zero-order chi connectivity index (χ0) is 10.1. The van der Waals surface area contributed by atoms with Crippen molar-refractivity contribution in [2.45, 2.75) is 11.3 Å². The van der Waals surface area contributed by atoms with Gasteiger partial charge < -0.3 is 0 Å². The molecule has 0 radical (unpaired) electrons. The standard InChI is InChI=1S/C10H6BrNS2/c11-7-1-2-8(13)10-9(7)6(3-4-12)5-14-10/h1-2,5,13H,3H2. The van der Waals surface area contributed by atoms with Crippen molar-refractivity contribution in [3.05, 3.63) is 27.5 Å². The number of rotatable bonds is 1. The van der Waals surface area contributed by atoms with E-state index in [9.17, 15) is 0 Å². The summed E-state index contributed by atoms with van der Waals surface area (Å²) in [7, 11) is 0. The number of thiol groups is 1. The molecule has 1 aromatic carbocycles. The van der Waals surface area contributed by atoms with Gasteiger partial charge in [-0.3, -0.25) is 0 Å². The number of hydrogen-bond acceptors (Lipinski definition) is 3. The lowest BCUT2D eigenvalue weighted by Crippen LogP contribution is -1.79. The van der Waals surface area contributed by atoms with Crippen LogP contribution in [-0.4, -0.2) is 0 Å². The zero-order valence-corrected chi connectivity index (χ0v) is 10.4. The number of nitrogens with zero attached hydrogens (tertiary/aromatic N) is 1. The van der Waals surface area contributed by atoms with Crippen LogP contribution in [0.3, 0.4) is 0 Å². The maximum Gasteiger partial charge on any atom is 0.0670 e. The molecule has 4 heteroatoms. The summed E-state index contributed by atoms with van der Waals surface area (Å²) < 4.78 is 2.18. The number of halogens is 1. The van der Waals surface area contributed by atoms with Gasteiger partial charge in [-0.1, -0.05) is 15.9 Å². The minimum absolute atomic E-state index is 0.454. The van der Waals surface area contributed by atoms with Crippen LogP contribution in [0.4, 0.5) is 0 Å². The molecule has 14 heavy (non-hydrogen) atoms. The number of hydrogen-bond donors (Lipinski definition) is 1. The second-order valence-electron chi connectivity index (χ2n) is 2.87. The number of thiophene rings is 1. The minimum Gasteiger partial charge on any atom is -0.198 e. The second-order valence-corrected chi connectivity index (χ2v) is 5.08. The third-order valence-electron chi connectivity index (χ3n) is 2.00. The first-order chi connectivity index (χ1) is 6.74. The van der Waals surface area contributed by atoms with Crippen LogP contribution >= 0.6 is 39.9 Å². The van der Waals surface area contributed by atoms with Crippen molar-refractivity contribution in [3.8, 4) is 6.07 Å². The number of fused-ring (bicyclic) bond motifs is 1. The van der Waals surface area contributed by atoms with Crippen LogP contribution in [0.1, 0.15) is 5.56 Å². The first-order valence-electron chi connectivity index (χ1n) is 3.98. The molecule has 0 aliphatic carbocycles. The van der Waals surface area contributed by atoms with Gasteiger partial charge in [0.2, 0.25) is 0 Å². The Balaban J connectivity index is 2.78. The van der Waals surface area contributed by atoms with Gasteiger partial charge in [0.05, 0.1) is 12.5 Å². The highest BCUT2D eigenvalue weighted by Crippen LogP contribution is 2.36. The van der Waals surface area contributed by atoms with Crippen LogP contribution in [0, 0.1) is 11.3 Å². The Labute approximate surface area is 99.9 Å². The molecule has 0 unspecified atom stereocenters. The molecule has 0 fully saturated rings. The molecule has 1 heterocycles. The van der Waals surface area contributed by atoms with Crippen molar-refractivity contribution in [2.75, 3.05) is 0 Å². The summed E-state index contributed by atoms with van der Waals surface area (Å²) in [6.45, 7) is 0. The van der Waals surface area contributed by atoms with Gasteiger partial charge in [0, 0.05) is 19.5 Å². The SMILES string of the molecule is N#CCc1csc2c(S)ccc(Br)c12. The Kier molecular flexibility index (Phi) is 2.82. The summed E-state index contributed by atoms with van der Waals surface area (Å²) in [5.74, 6) is 0. The summed E-state index contributed by atoms with van der Waals surface area (Å²) in [5, 5.41) is 11.8. The van der Waals surface area contributed by atoms with Crippen molar-refractivity contribution < 1.29 is 0 Å². The van der Waals surface area contributed by atoms with Crippen molar-refractivity contribution in [2.24, 2.45) is 0 Å². The lowest BCUT2D eigenvalue weighted by atomic mass is 10.1. The summed E-state index contributed by atoms with van der Waals surface area (Å²) in [6.07, 6.45) is 0.454. The van der Waals surface area contributed by atoms with E-state index < -0.39 is 0 Å². The van der Waals surface area contributed by atoms with Gasteiger partial charge in [-0.15, -0.1) is 24.0 Å². The summed E-state index contributed by atoms with van der Waals surface area (Å²) in [5.41, 5.74) is 1.08. The van der Waals surface area contributed by atoms with E-state index in [0.717, 1.165) is 25.0 Å². The van der Waals surface area contributed by atoms with Crippen LogP contribution in [0.15, 0.2) is 26.9 Å². The van der Waals surface area contributed by atoms with Gasteiger partial charge in [0.15, 0.2) is 0 Å². The molecule has 0 saturated heterocycles. The molecule has 0 atom stereocenters. The lowest BCUT2D eigenvalue weighted by Gasteiger charge is -1.99. The highest BCUT2D eigenvalue weighted by molar-refractivity contribution is 9.10. The summed E-state index contributed by atoms with van der Waals surface area (Å²) in [6, 6.07) is 6.10. The molecule has 0 bridgehead atoms. The van der Waals surface area contributed by atoms with E-state index >= 15 is 0 Å². The third kappa shape index (κ3) is 1.56. The Bertz CT molecular complexity index is 525. The molecule has 0 spiro atoms. The number of nitriles is 1. The largest absolute Gasteiger partial charge is 0.198 e. The van der Waals surface area contributed by atoms with Crippen molar-refractivity contribution >= 4 is 50.0 Å². The molecule has 2 aromatic rings. The molecule has 1 nitrogen and oxygen atoms in total. The van der Waals surface area contributed by atoms with Crippen molar-refractivity contribution in [1.82, 2.24) is 0 Å². The Morgan fingerprint density at radius 1 is 1.50 bits per heavy atom. The molecule has 0 saturated carbocycles. The van der Waals surface area contributed by atoms with E-state index in [-0.39, 0.29) is 0 Å². The molecule has 0 amide bonds. The number of benzene rings is 1. The van der Waals surface area contributed by atoms with E-state index in [2.05, 4.69) is 34.6 Å². The van der Waals surface area contributed by atoms with Crippen LogP contribution in [0.25, 0.3) is 10.1 Å². The van der Waals surface area contributed by atoms with Gasteiger partial charge in [0.25, 0.3) is 0 Å². The van der Waals surface area contributed by atoms with Gasteiger partial charge in [-0.05, 0) is 23.1 Å². The normalized spacial score (nSPS) is 10.4. The molecule has 0 aliphatic heterocycles. The lowest BCUT2D eigenvalue weighted by molar-refractivity contribution is 1.30. The molecule has 0 aliphatic rings. The van der Waals surface area contributed by atoms with E-state index in [1.54, 1.807) is 11.3 Å². The molecule has 70 valence electrons. The summed E-state index contributed by atoms with van der Waals surface area (Å²) in [4.78, 5) is 0.970. The van der Waals surface area contributed by atoms with Crippen LogP contribution in [-0.2, 0) is 6.42 Å². The average molecular weight is 284 g/mol. The van der Waals surface area contributed by atoms with Crippen LogP contribution in [0.2, 0.25) is 0 Å². The second kappa shape index (κ2) is 3.93. The Morgan fingerprint density at radius 2 is 2.29 bits per heavy atom. The van der Waals surface area contributed by atoms with E-state index in [0.29, 0.717) is 6.42 Å². The van der Waals surface area contributed by atoms with Crippen LogP contribution < -0.4 is 0 Å². The topological polar surface area (TPSA) is 23.8 Å². The van der Waals surface area contributed by atoms with Crippen molar-refractivity contribution in [1.29, 1.82) is 5.26 Å².